The molecule has 0 aliphatic heterocycles. The van der Waals surface area contributed by atoms with E-state index in [1.807, 2.05) is 0 Å². The molecule has 0 radical (unpaired) electrons. The van der Waals surface area contributed by atoms with Gasteiger partial charge in [0.1, 0.15) is 0 Å². The van der Waals surface area contributed by atoms with E-state index in [1.165, 1.54) is 0 Å². The third kappa shape index (κ3) is 19.0. The first-order valence-corrected chi connectivity index (χ1v) is 9.51. The van der Waals surface area contributed by atoms with Crippen molar-refractivity contribution in [3.8, 4) is 0 Å². The normalized spacial score (nSPS) is 10.6. The van der Waals surface area contributed by atoms with Crippen LogP contribution in [0.15, 0.2) is 0 Å². The number of rotatable bonds is 15. The summed E-state index contributed by atoms with van der Waals surface area (Å²) in [5, 5.41) is 101. The Morgan fingerprint density at radius 2 is 0.425 bits per heavy atom. The van der Waals surface area contributed by atoms with E-state index in [0.29, 0.717) is 0 Å². The first-order chi connectivity index (χ1) is 17.3. The van der Waals surface area contributed by atoms with Crippen LogP contribution in [-0.4, -0.2) is 132 Å². The second-order valence-electron chi connectivity index (χ2n) is 7.43. The second-order valence-corrected chi connectivity index (χ2v) is 7.43. The SMILES string of the molecule is O=C(O)CC(O)(CC(=O)O)C(=O)O.O=C(O)CC(O)(CC(=O)O)C(=O)O.O=C(O)CC(O)(CC(=O)O)C(=O)O.[Ti]. The zero-order valence-corrected chi connectivity index (χ0v) is 21.3. The molecule has 0 fully saturated rings. The molecule has 0 bridgehead atoms. The predicted octanol–water partition coefficient (Wildman–Crippen LogP) is -3.75. The molecule has 0 heterocycles. The Kier molecular flexibility index (Phi) is 19.5. The van der Waals surface area contributed by atoms with Crippen LogP contribution in [0.25, 0.3) is 0 Å². The zero-order valence-electron chi connectivity index (χ0n) is 19.8. The van der Waals surface area contributed by atoms with E-state index in [2.05, 4.69) is 0 Å². The van der Waals surface area contributed by atoms with Crippen molar-refractivity contribution < 1.29 is 126 Å². The number of hydrogen-bond donors (Lipinski definition) is 12. The van der Waals surface area contributed by atoms with Crippen molar-refractivity contribution in [2.45, 2.75) is 55.3 Å². The number of carbonyl (C=O) groups is 9. The van der Waals surface area contributed by atoms with Crippen LogP contribution in [0.3, 0.4) is 0 Å². The van der Waals surface area contributed by atoms with Gasteiger partial charge in [-0.25, -0.2) is 14.4 Å². The van der Waals surface area contributed by atoms with Gasteiger partial charge in [0.2, 0.25) is 0 Å². The second kappa shape index (κ2) is 18.2. The monoisotopic (exact) mass is 624 g/mol. The minimum Gasteiger partial charge on any atom is -0.481 e. The Labute approximate surface area is 235 Å². The molecule has 0 aliphatic carbocycles. The van der Waals surface area contributed by atoms with Crippen molar-refractivity contribution in [2.75, 3.05) is 0 Å². The van der Waals surface area contributed by atoms with Gasteiger partial charge in [0.15, 0.2) is 16.8 Å². The summed E-state index contributed by atoms with van der Waals surface area (Å²) in [5.74, 6) is -15.1. The third-order valence-electron chi connectivity index (χ3n) is 3.86. The maximum absolute atomic E-state index is 10.3. The maximum atomic E-state index is 10.3. The summed E-state index contributed by atoms with van der Waals surface area (Å²) < 4.78 is 0. The van der Waals surface area contributed by atoms with Crippen molar-refractivity contribution in [1.29, 1.82) is 0 Å². The van der Waals surface area contributed by atoms with E-state index in [0.717, 1.165) is 0 Å². The van der Waals surface area contributed by atoms with Gasteiger partial charge in [-0.15, -0.1) is 0 Å². The molecule has 0 aromatic heterocycles. The van der Waals surface area contributed by atoms with Gasteiger partial charge in [-0.1, -0.05) is 0 Å². The van der Waals surface area contributed by atoms with Crippen LogP contribution >= 0.6 is 0 Å². The maximum Gasteiger partial charge on any atom is 0.336 e. The van der Waals surface area contributed by atoms with E-state index in [4.69, 9.17) is 61.3 Å². The molecule has 0 aliphatic rings. The van der Waals surface area contributed by atoms with Crippen LogP contribution in [0.5, 0.6) is 0 Å². The summed E-state index contributed by atoms with van der Waals surface area (Å²) in [7, 11) is 0. The number of carboxylic acids is 9. The van der Waals surface area contributed by atoms with Crippen molar-refractivity contribution in [2.24, 2.45) is 0 Å². The zero-order chi connectivity index (χ0) is 31.9. The summed E-state index contributed by atoms with van der Waals surface area (Å²) in [6, 6.07) is 0. The molecule has 0 atom stereocenters. The van der Waals surface area contributed by atoms with E-state index in [9.17, 15) is 43.2 Å². The molecule has 0 saturated heterocycles. The summed E-state index contributed by atoms with van der Waals surface area (Å²) in [5.41, 5.74) is -8.22. The molecule has 12 N–H and O–H groups in total. The molecular weight excluding hydrogens is 600 g/mol. The summed E-state index contributed by atoms with van der Waals surface area (Å²) in [6.07, 6.45) is -6.87. The van der Waals surface area contributed by atoms with Gasteiger partial charge < -0.3 is 61.3 Å². The Balaban J connectivity index is -0.000000240. The van der Waals surface area contributed by atoms with E-state index in [-0.39, 0.29) is 21.7 Å². The van der Waals surface area contributed by atoms with Gasteiger partial charge in [-0.3, -0.25) is 28.8 Å². The standard InChI is InChI=1S/3C6H8O7.Ti/c3*7-3(8)1-6(13,5(11)12)2-4(9)10;/h3*13H,1-2H2,(H,7,8)(H,9,10)(H,11,12);. The Morgan fingerprint density at radius 1 is 0.325 bits per heavy atom. The topological polar surface area (TPSA) is 396 Å². The summed E-state index contributed by atoms with van der Waals surface area (Å²) in [6.45, 7) is 0. The molecule has 226 valence electrons. The number of carboxylic acid groups (broad SMARTS) is 9. The van der Waals surface area contributed by atoms with Gasteiger partial charge in [0.05, 0.1) is 38.5 Å². The molecule has 0 spiro atoms. The van der Waals surface area contributed by atoms with E-state index < -0.39 is 109 Å². The van der Waals surface area contributed by atoms with Gasteiger partial charge in [0, 0.05) is 21.7 Å². The Bertz CT molecular complexity index is 812. The molecule has 0 rings (SSSR count). The number of hydrogen-bond acceptors (Lipinski definition) is 12. The summed E-state index contributed by atoms with van der Waals surface area (Å²) >= 11 is 0. The van der Waals surface area contributed by atoms with Crippen LogP contribution in [0.2, 0.25) is 0 Å². The average molecular weight is 624 g/mol. The van der Waals surface area contributed by atoms with Gasteiger partial charge in [0.25, 0.3) is 0 Å². The fourth-order valence-corrected chi connectivity index (χ4v) is 2.14. The molecule has 40 heavy (non-hydrogen) atoms. The molecule has 0 aromatic rings. The van der Waals surface area contributed by atoms with Gasteiger partial charge in [-0.2, -0.15) is 0 Å². The first-order valence-electron chi connectivity index (χ1n) is 9.51. The summed E-state index contributed by atoms with van der Waals surface area (Å²) in [4.78, 5) is 91.5. The fraction of sp³-hybridized carbons (Fsp3) is 0.500. The van der Waals surface area contributed by atoms with Gasteiger partial charge in [-0.05, 0) is 0 Å². The van der Waals surface area contributed by atoms with Crippen LogP contribution in [-0.2, 0) is 64.9 Å². The molecular formula is C18H24O21Ti. The van der Waals surface area contributed by atoms with Crippen LogP contribution in [0.1, 0.15) is 38.5 Å². The van der Waals surface area contributed by atoms with Crippen molar-refractivity contribution >= 4 is 53.7 Å². The Morgan fingerprint density at radius 3 is 0.475 bits per heavy atom. The molecule has 0 amide bonds. The van der Waals surface area contributed by atoms with Crippen LogP contribution < -0.4 is 0 Å². The van der Waals surface area contributed by atoms with Crippen LogP contribution in [0.4, 0.5) is 0 Å². The fourth-order valence-electron chi connectivity index (χ4n) is 2.14. The minimum atomic E-state index is -2.74. The molecule has 0 saturated carbocycles. The van der Waals surface area contributed by atoms with Crippen molar-refractivity contribution in [3.05, 3.63) is 0 Å². The molecule has 21 nitrogen and oxygen atoms in total. The molecule has 0 unspecified atom stereocenters. The van der Waals surface area contributed by atoms with Gasteiger partial charge >= 0.3 is 53.7 Å². The average Bonchev–Trinajstić information content (AvgIpc) is 2.64. The predicted molar refractivity (Wildman–Crippen MR) is 111 cm³/mol. The quantitative estimate of drug-likeness (QED) is 0.0778. The number of aliphatic carboxylic acids is 9. The molecule has 0 aromatic carbocycles. The third-order valence-corrected chi connectivity index (χ3v) is 3.86. The Hall–Kier alpha value is -4.18. The van der Waals surface area contributed by atoms with E-state index >= 15 is 0 Å². The first kappa shape index (κ1) is 42.9. The minimum absolute atomic E-state index is 0. The largest absolute Gasteiger partial charge is 0.481 e. The molecule has 22 heteroatoms. The smallest absolute Gasteiger partial charge is 0.336 e. The van der Waals surface area contributed by atoms with Crippen molar-refractivity contribution in [3.63, 3.8) is 0 Å². The van der Waals surface area contributed by atoms with Crippen LogP contribution in [0, 0.1) is 0 Å². The van der Waals surface area contributed by atoms with E-state index in [1.54, 1.807) is 0 Å². The number of aliphatic hydroxyl groups is 3. The van der Waals surface area contributed by atoms with Crippen molar-refractivity contribution in [1.82, 2.24) is 0 Å².